The number of nitrogens with zero attached hydrogens (tertiary/aromatic N) is 2. The summed E-state index contributed by atoms with van der Waals surface area (Å²) in [4.78, 5) is 10.9. The van der Waals surface area contributed by atoms with Crippen molar-refractivity contribution in [2.75, 3.05) is 11.9 Å². The Balaban J connectivity index is 2.69. The van der Waals surface area contributed by atoms with E-state index in [1.165, 1.54) is 6.92 Å². The van der Waals surface area contributed by atoms with E-state index in [0.717, 1.165) is 24.2 Å². The predicted molar refractivity (Wildman–Crippen MR) is 83.1 cm³/mol. The van der Waals surface area contributed by atoms with Crippen molar-refractivity contribution < 1.29 is 13.2 Å². The lowest BCUT2D eigenvalue weighted by atomic mass is 9.99. The third-order valence-corrected chi connectivity index (χ3v) is 6.09. The molecule has 0 saturated carbocycles. The van der Waals surface area contributed by atoms with E-state index in [1.807, 2.05) is 13.8 Å². The third kappa shape index (κ3) is 5.50. The second-order valence-corrected chi connectivity index (χ2v) is 7.98. The van der Waals surface area contributed by atoms with Crippen LogP contribution >= 0.6 is 22.9 Å². The third-order valence-electron chi connectivity index (χ3n) is 2.95. The van der Waals surface area contributed by atoms with Gasteiger partial charge in [0.15, 0.2) is 0 Å². The Bertz CT molecular complexity index is 572. The van der Waals surface area contributed by atoms with Crippen molar-refractivity contribution in [2.24, 2.45) is 5.92 Å². The zero-order chi connectivity index (χ0) is 16.0. The average Bonchev–Trinajstić information content (AvgIpc) is 2.86. The van der Waals surface area contributed by atoms with Crippen LogP contribution in [0.2, 0.25) is 0 Å². The number of anilines is 1. The molecule has 21 heavy (non-hydrogen) atoms. The van der Waals surface area contributed by atoms with Gasteiger partial charge in [0.25, 0.3) is 10.0 Å². The van der Waals surface area contributed by atoms with E-state index in [1.54, 1.807) is 0 Å². The molecule has 0 aliphatic rings. The van der Waals surface area contributed by atoms with Crippen LogP contribution in [0.15, 0.2) is 4.34 Å². The van der Waals surface area contributed by atoms with E-state index in [4.69, 9.17) is 11.6 Å². The van der Waals surface area contributed by atoms with Crippen molar-refractivity contribution in [1.29, 1.82) is 0 Å². The Morgan fingerprint density at radius 2 is 1.95 bits per heavy atom. The minimum atomic E-state index is -3.76. The highest BCUT2D eigenvalue weighted by molar-refractivity contribution is 7.91. The van der Waals surface area contributed by atoms with Gasteiger partial charge < -0.3 is 5.32 Å². The van der Waals surface area contributed by atoms with Crippen molar-refractivity contribution in [2.45, 2.75) is 43.3 Å². The molecule has 0 aliphatic heterocycles. The molecule has 1 aromatic heterocycles. The molecule has 1 amide bonds. The van der Waals surface area contributed by atoms with Crippen molar-refractivity contribution >= 4 is 44.0 Å². The van der Waals surface area contributed by atoms with Gasteiger partial charge >= 0.3 is 0 Å². The summed E-state index contributed by atoms with van der Waals surface area (Å²) in [6, 6.07) is 0. The Morgan fingerprint density at radius 1 is 1.33 bits per heavy atom. The van der Waals surface area contributed by atoms with Gasteiger partial charge in [0.1, 0.15) is 0 Å². The molecule has 0 spiro atoms. The quantitative estimate of drug-likeness (QED) is 0.547. The highest BCUT2D eigenvalue weighted by atomic mass is 35.5. The van der Waals surface area contributed by atoms with Crippen LogP contribution in [0.25, 0.3) is 0 Å². The lowest BCUT2D eigenvalue weighted by molar-refractivity contribution is -0.114. The van der Waals surface area contributed by atoms with Crippen LogP contribution in [0.4, 0.5) is 5.13 Å². The first kappa shape index (κ1) is 18.3. The molecule has 0 radical (unpaired) electrons. The maximum Gasteiger partial charge on any atom is 0.269 e. The first-order chi connectivity index (χ1) is 9.80. The Morgan fingerprint density at radius 3 is 2.48 bits per heavy atom. The Hall–Kier alpha value is -0.770. The number of hydrogen-bond acceptors (Lipinski definition) is 6. The van der Waals surface area contributed by atoms with Crippen LogP contribution < -0.4 is 10.0 Å². The fourth-order valence-corrected chi connectivity index (χ4v) is 4.31. The summed E-state index contributed by atoms with van der Waals surface area (Å²) in [5.41, 5.74) is 0. The minimum absolute atomic E-state index is 0.130. The fraction of sp³-hybridized carbons (Fsp3) is 0.727. The maximum absolute atomic E-state index is 12.1. The SMILES string of the molecule is CCC(CC)C(Cl)CNS(=O)(=O)c1nnc(NC(C)=O)s1. The van der Waals surface area contributed by atoms with Gasteiger partial charge in [0.05, 0.1) is 0 Å². The van der Waals surface area contributed by atoms with Crippen molar-refractivity contribution in [1.82, 2.24) is 14.9 Å². The number of carbonyl (C=O) groups is 1. The minimum Gasteiger partial charge on any atom is -0.301 e. The Kier molecular flexibility index (Phi) is 6.98. The summed E-state index contributed by atoms with van der Waals surface area (Å²) in [7, 11) is -3.76. The standard InChI is InChI=1S/C11H19ClN4O3S2/c1-4-8(5-2)9(12)6-13-21(18,19)11-16-15-10(20-11)14-7(3)17/h8-9,13H,4-6H2,1-3H3,(H,14,15,17). The number of hydrogen-bond donors (Lipinski definition) is 2. The van der Waals surface area contributed by atoms with E-state index in [-0.39, 0.29) is 33.2 Å². The van der Waals surface area contributed by atoms with Gasteiger partial charge in [-0.2, -0.15) is 0 Å². The zero-order valence-electron chi connectivity index (χ0n) is 12.1. The largest absolute Gasteiger partial charge is 0.301 e. The zero-order valence-corrected chi connectivity index (χ0v) is 14.5. The molecule has 2 N–H and O–H groups in total. The van der Waals surface area contributed by atoms with E-state index in [2.05, 4.69) is 20.2 Å². The van der Waals surface area contributed by atoms with Crippen LogP contribution in [-0.4, -0.2) is 36.4 Å². The average molecular weight is 355 g/mol. The number of sulfonamides is 1. The van der Waals surface area contributed by atoms with Gasteiger partial charge in [-0.1, -0.05) is 38.0 Å². The highest BCUT2D eigenvalue weighted by Gasteiger charge is 2.23. The first-order valence-corrected chi connectivity index (χ1v) is 9.28. The lowest BCUT2D eigenvalue weighted by Gasteiger charge is -2.18. The summed E-state index contributed by atoms with van der Waals surface area (Å²) in [6.45, 7) is 5.47. The van der Waals surface area contributed by atoms with Gasteiger partial charge in [0, 0.05) is 18.8 Å². The van der Waals surface area contributed by atoms with Crippen LogP contribution in [-0.2, 0) is 14.8 Å². The molecule has 0 bridgehead atoms. The molecule has 120 valence electrons. The van der Waals surface area contributed by atoms with Gasteiger partial charge in [-0.15, -0.1) is 21.8 Å². The van der Waals surface area contributed by atoms with Gasteiger partial charge in [-0.25, -0.2) is 13.1 Å². The normalized spacial score (nSPS) is 13.4. The number of carbonyl (C=O) groups excluding carboxylic acids is 1. The molecule has 10 heteroatoms. The highest BCUT2D eigenvalue weighted by Crippen LogP contribution is 2.21. The number of amides is 1. The van der Waals surface area contributed by atoms with Gasteiger partial charge in [0.2, 0.25) is 15.4 Å². The summed E-state index contributed by atoms with van der Waals surface area (Å²) in [5.74, 6) is -0.0867. The molecule has 7 nitrogen and oxygen atoms in total. The molecular weight excluding hydrogens is 336 g/mol. The van der Waals surface area contributed by atoms with Crippen molar-refractivity contribution in [3.05, 3.63) is 0 Å². The summed E-state index contributed by atoms with van der Waals surface area (Å²) < 4.78 is 26.4. The molecule has 0 aromatic carbocycles. The topological polar surface area (TPSA) is 101 Å². The number of nitrogens with one attached hydrogen (secondary N) is 2. The lowest BCUT2D eigenvalue weighted by Crippen LogP contribution is -2.33. The molecule has 1 heterocycles. The number of aromatic nitrogens is 2. The Labute approximate surface area is 133 Å². The molecule has 1 unspecified atom stereocenters. The summed E-state index contributed by atoms with van der Waals surface area (Å²) >= 11 is 6.99. The molecule has 1 aromatic rings. The second kappa shape index (κ2) is 8.02. The molecule has 0 aliphatic carbocycles. The predicted octanol–water partition coefficient (Wildman–Crippen LogP) is 1.82. The van der Waals surface area contributed by atoms with E-state index >= 15 is 0 Å². The molecule has 1 atom stereocenters. The van der Waals surface area contributed by atoms with Crippen molar-refractivity contribution in [3.63, 3.8) is 0 Å². The van der Waals surface area contributed by atoms with Crippen molar-refractivity contribution in [3.8, 4) is 0 Å². The number of rotatable bonds is 8. The number of halogens is 1. The first-order valence-electron chi connectivity index (χ1n) is 6.55. The van der Waals surface area contributed by atoms with E-state index in [9.17, 15) is 13.2 Å². The monoisotopic (exact) mass is 354 g/mol. The van der Waals surface area contributed by atoms with Gasteiger partial charge in [-0.05, 0) is 5.92 Å². The molecule has 1 rings (SSSR count). The summed E-state index contributed by atoms with van der Waals surface area (Å²) in [6.07, 6.45) is 1.77. The van der Waals surface area contributed by atoms with Crippen LogP contribution in [0, 0.1) is 5.92 Å². The van der Waals surface area contributed by atoms with Crippen LogP contribution in [0.1, 0.15) is 33.6 Å². The van der Waals surface area contributed by atoms with E-state index < -0.39 is 10.0 Å². The maximum atomic E-state index is 12.1. The van der Waals surface area contributed by atoms with Gasteiger partial charge in [-0.3, -0.25) is 4.79 Å². The second-order valence-electron chi connectivity index (χ2n) is 4.50. The fourth-order valence-electron chi connectivity index (χ4n) is 1.74. The van der Waals surface area contributed by atoms with E-state index in [0.29, 0.717) is 0 Å². The molecular formula is C11H19ClN4O3S2. The number of alkyl halides is 1. The van der Waals surface area contributed by atoms with Crippen LogP contribution in [0.3, 0.4) is 0 Å². The summed E-state index contributed by atoms with van der Waals surface area (Å²) in [5, 5.41) is 9.42. The van der Waals surface area contributed by atoms with Crippen LogP contribution in [0.5, 0.6) is 0 Å². The molecule has 0 saturated heterocycles. The smallest absolute Gasteiger partial charge is 0.269 e. The molecule has 0 fully saturated rings.